The monoisotopic (exact) mass is 236 g/mol. The fourth-order valence-corrected chi connectivity index (χ4v) is 1.41. The first-order valence-electron chi connectivity index (χ1n) is 6.54. The van der Waals surface area contributed by atoms with E-state index < -0.39 is 0 Å². The maximum absolute atomic E-state index is 4.52. The lowest BCUT2D eigenvalue weighted by Crippen LogP contribution is -2.10. The fourth-order valence-electron chi connectivity index (χ4n) is 1.41. The molecule has 0 fully saturated rings. The van der Waals surface area contributed by atoms with E-state index in [0.717, 1.165) is 43.4 Å². The summed E-state index contributed by atoms with van der Waals surface area (Å²) in [5.41, 5.74) is 0. The maximum atomic E-state index is 4.52. The number of nitrogens with one attached hydrogen (secondary N) is 2. The van der Waals surface area contributed by atoms with Crippen LogP contribution in [-0.4, -0.2) is 23.1 Å². The fraction of sp³-hybridized carbons (Fsp3) is 0.692. The standard InChI is InChI=1S/C13H24N4/c1-5-7-14-11-9-12(15-8-6-2)17-13(16-11)10(3)4/h9-10H,5-8H2,1-4H3,(H2,14,15,16,17). The van der Waals surface area contributed by atoms with E-state index in [-0.39, 0.29) is 0 Å². The minimum Gasteiger partial charge on any atom is -0.370 e. The summed E-state index contributed by atoms with van der Waals surface area (Å²) >= 11 is 0. The lowest BCUT2D eigenvalue weighted by atomic mass is 10.2. The summed E-state index contributed by atoms with van der Waals surface area (Å²) in [6.45, 7) is 10.4. The molecule has 0 aliphatic rings. The van der Waals surface area contributed by atoms with Crippen LogP contribution in [0.25, 0.3) is 0 Å². The van der Waals surface area contributed by atoms with E-state index in [4.69, 9.17) is 0 Å². The van der Waals surface area contributed by atoms with Gasteiger partial charge in [-0.1, -0.05) is 27.7 Å². The average molecular weight is 236 g/mol. The highest BCUT2D eigenvalue weighted by atomic mass is 15.1. The van der Waals surface area contributed by atoms with Crippen molar-refractivity contribution in [3.05, 3.63) is 11.9 Å². The van der Waals surface area contributed by atoms with Gasteiger partial charge in [-0.15, -0.1) is 0 Å². The molecule has 0 amide bonds. The third kappa shape index (κ3) is 4.59. The number of hydrogen-bond acceptors (Lipinski definition) is 4. The molecular formula is C13H24N4. The lowest BCUT2D eigenvalue weighted by molar-refractivity contribution is 0.773. The van der Waals surface area contributed by atoms with E-state index in [1.165, 1.54) is 0 Å². The summed E-state index contributed by atoms with van der Waals surface area (Å²) in [7, 11) is 0. The van der Waals surface area contributed by atoms with Crippen LogP contribution in [-0.2, 0) is 0 Å². The molecule has 0 saturated heterocycles. The smallest absolute Gasteiger partial charge is 0.135 e. The molecule has 0 aliphatic carbocycles. The van der Waals surface area contributed by atoms with E-state index in [0.29, 0.717) is 5.92 Å². The first-order chi connectivity index (χ1) is 8.17. The van der Waals surface area contributed by atoms with E-state index in [1.807, 2.05) is 6.07 Å². The Morgan fingerprint density at radius 2 is 1.47 bits per heavy atom. The molecule has 1 aromatic rings. The van der Waals surface area contributed by atoms with Crippen molar-refractivity contribution in [3.8, 4) is 0 Å². The number of aromatic nitrogens is 2. The molecule has 0 saturated carbocycles. The summed E-state index contributed by atoms with van der Waals surface area (Å²) in [5, 5.41) is 6.63. The Morgan fingerprint density at radius 3 is 1.82 bits per heavy atom. The molecule has 4 nitrogen and oxygen atoms in total. The number of nitrogens with zero attached hydrogens (tertiary/aromatic N) is 2. The molecule has 0 spiro atoms. The summed E-state index contributed by atoms with van der Waals surface area (Å²) in [6, 6.07) is 1.98. The second-order valence-electron chi connectivity index (χ2n) is 4.50. The Labute approximate surface area is 104 Å². The second kappa shape index (κ2) is 7.09. The van der Waals surface area contributed by atoms with Crippen LogP contribution >= 0.6 is 0 Å². The third-order valence-corrected chi connectivity index (χ3v) is 2.37. The van der Waals surface area contributed by atoms with Gasteiger partial charge in [0.15, 0.2) is 0 Å². The predicted molar refractivity (Wildman–Crippen MR) is 73.7 cm³/mol. The van der Waals surface area contributed by atoms with E-state index >= 15 is 0 Å². The average Bonchev–Trinajstić information content (AvgIpc) is 2.33. The van der Waals surface area contributed by atoms with E-state index in [9.17, 15) is 0 Å². The third-order valence-electron chi connectivity index (χ3n) is 2.37. The van der Waals surface area contributed by atoms with Crippen LogP contribution < -0.4 is 10.6 Å². The number of hydrogen-bond donors (Lipinski definition) is 2. The first-order valence-corrected chi connectivity index (χ1v) is 6.54. The zero-order valence-corrected chi connectivity index (χ0v) is 11.4. The van der Waals surface area contributed by atoms with Gasteiger partial charge in [0.2, 0.25) is 0 Å². The van der Waals surface area contributed by atoms with Crippen molar-refractivity contribution >= 4 is 11.6 Å². The van der Waals surface area contributed by atoms with Gasteiger partial charge >= 0.3 is 0 Å². The molecule has 0 unspecified atom stereocenters. The molecule has 96 valence electrons. The van der Waals surface area contributed by atoms with Crippen molar-refractivity contribution < 1.29 is 0 Å². The zero-order valence-electron chi connectivity index (χ0n) is 11.4. The van der Waals surface area contributed by atoms with Crippen LogP contribution in [0.5, 0.6) is 0 Å². The SMILES string of the molecule is CCCNc1cc(NCCC)nc(C(C)C)n1. The first kappa shape index (κ1) is 13.7. The molecule has 1 rings (SSSR count). The largest absolute Gasteiger partial charge is 0.370 e. The minimum atomic E-state index is 0.348. The van der Waals surface area contributed by atoms with Gasteiger partial charge in [0, 0.05) is 25.1 Å². The summed E-state index contributed by atoms with van der Waals surface area (Å²) in [6.07, 6.45) is 2.19. The van der Waals surface area contributed by atoms with Crippen molar-refractivity contribution in [2.75, 3.05) is 23.7 Å². The molecule has 17 heavy (non-hydrogen) atoms. The zero-order chi connectivity index (χ0) is 12.7. The van der Waals surface area contributed by atoms with Gasteiger partial charge in [-0.05, 0) is 12.8 Å². The summed E-state index contributed by atoms with van der Waals surface area (Å²) < 4.78 is 0. The van der Waals surface area contributed by atoms with Crippen LogP contribution in [0.1, 0.15) is 52.3 Å². The number of rotatable bonds is 7. The van der Waals surface area contributed by atoms with E-state index in [1.54, 1.807) is 0 Å². The molecule has 1 aromatic heterocycles. The van der Waals surface area contributed by atoms with Crippen molar-refractivity contribution in [1.29, 1.82) is 0 Å². The van der Waals surface area contributed by atoms with Crippen LogP contribution in [0.3, 0.4) is 0 Å². The molecule has 0 aliphatic heterocycles. The van der Waals surface area contributed by atoms with Crippen molar-refractivity contribution in [1.82, 2.24) is 9.97 Å². The van der Waals surface area contributed by atoms with Gasteiger partial charge < -0.3 is 10.6 Å². The van der Waals surface area contributed by atoms with Crippen LogP contribution in [0.15, 0.2) is 6.07 Å². The second-order valence-corrected chi connectivity index (χ2v) is 4.50. The molecule has 0 radical (unpaired) electrons. The van der Waals surface area contributed by atoms with Crippen molar-refractivity contribution in [2.24, 2.45) is 0 Å². The van der Waals surface area contributed by atoms with Crippen LogP contribution in [0.4, 0.5) is 11.6 Å². The number of anilines is 2. The Hall–Kier alpha value is -1.32. The van der Waals surface area contributed by atoms with Crippen LogP contribution in [0.2, 0.25) is 0 Å². The van der Waals surface area contributed by atoms with Gasteiger partial charge in [0.25, 0.3) is 0 Å². The topological polar surface area (TPSA) is 49.8 Å². The highest BCUT2D eigenvalue weighted by molar-refractivity contribution is 5.47. The molecular weight excluding hydrogens is 212 g/mol. The van der Waals surface area contributed by atoms with Gasteiger partial charge in [-0.25, -0.2) is 9.97 Å². The van der Waals surface area contributed by atoms with E-state index in [2.05, 4.69) is 48.3 Å². The van der Waals surface area contributed by atoms with Crippen molar-refractivity contribution in [3.63, 3.8) is 0 Å². The maximum Gasteiger partial charge on any atom is 0.135 e. The predicted octanol–water partition coefficient (Wildman–Crippen LogP) is 3.24. The highest BCUT2D eigenvalue weighted by Crippen LogP contribution is 2.16. The summed E-state index contributed by atoms with van der Waals surface area (Å²) in [5.74, 6) is 3.08. The Balaban J connectivity index is 2.84. The summed E-state index contributed by atoms with van der Waals surface area (Å²) in [4.78, 5) is 9.03. The highest BCUT2D eigenvalue weighted by Gasteiger charge is 2.07. The molecule has 2 N–H and O–H groups in total. The van der Waals surface area contributed by atoms with Gasteiger partial charge in [-0.2, -0.15) is 0 Å². The van der Waals surface area contributed by atoms with Crippen LogP contribution in [0, 0.1) is 0 Å². The normalized spacial score (nSPS) is 10.6. The molecule has 1 heterocycles. The minimum absolute atomic E-state index is 0.348. The van der Waals surface area contributed by atoms with Gasteiger partial charge in [0.05, 0.1) is 0 Å². The Morgan fingerprint density at radius 1 is 1.00 bits per heavy atom. The molecule has 0 atom stereocenters. The lowest BCUT2D eigenvalue weighted by Gasteiger charge is -2.12. The molecule has 0 bridgehead atoms. The molecule has 0 aromatic carbocycles. The molecule has 4 heteroatoms. The quantitative estimate of drug-likeness (QED) is 0.763. The Bertz CT molecular complexity index is 310. The Kier molecular flexibility index (Phi) is 5.73. The van der Waals surface area contributed by atoms with Gasteiger partial charge in [-0.3, -0.25) is 0 Å². The van der Waals surface area contributed by atoms with Gasteiger partial charge in [0.1, 0.15) is 17.5 Å². The van der Waals surface area contributed by atoms with Crippen molar-refractivity contribution in [2.45, 2.75) is 46.5 Å².